The third-order valence-electron chi connectivity index (χ3n) is 2.17. The number of rotatable bonds is 4. The quantitative estimate of drug-likeness (QED) is 0.829. The first-order valence-corrected chi connectivity index (χ1v) is 5.78. The van der Waals surface area contributed by atoms with Crippen LogP contribution in [0.2, 0.25) is 0 Å². The minimum Gasteiger partial charge on any atom is -0.477 e. The van der Waals surface area contributed by atoms with Crippen molar-refractivity contribution < 1.29 is 9.90 Å². The number of carboxylic acids is 1. The van der Waals surface area contributed by atoms with Gasteiger partial charge in [-0.2, -0.15) is 0 Å². The Morgan fingerprint density at radius 2 is 2.20 bits per heavy atom. The van der Waals surface area contributed by atoms with E-state index in [1.165, 1.54) is 11.3 Å². The minimum absolute atomic E-state index is 0.116. The molecule has 0 saturated heterocycles. The minimum atomic E-state index is -0.911. The molecule has 15 heavy (non-hydrogen) atoms. The van der Waals surface area contributed by atoms with Crippen LogP contribution in [0.1, 0.15) is 59.5 Å². The van der Waals surface area contributed by atoms with E-state index in [9.17, 15) is 4.79 Å². The van der Waals surface area contributed by atoms with Gasteiger partial charge < -0.3 is 10.8 Å². The zero-order valence-corrected chi connectivity index (χ0v) is 9.97. The maximum absolute atomic E-state index is 11.0. The van der Waals surface area contributed by atoms with Crippen molar-refractivity contribution in [1.82, 2.24) is 4.98 Å². The average molecular weight is 228 g/mol. The molecule has 0 fully saturated rings. The van der Waals surface area contributed by atoms with Crippen LogP contribution >= 0.6 is 11.3 Å². The summed E-state index contributed by atoms with van der Waals surface area (Å²) < 4.78 is 0. The van der Waals surface area contributed by atoms with Crippen LogP contribution in [0.15, 0.2) is 0 Å². The van der Waals surface area contributed by atoms with Gasteiger partial charge in [-0.3, -0.25) is 0 Å². The van der Waals surface area contributed by atoms with E-state index in [0.717, 1.165) is 11.4 Å². The molecule has 3 N–H and O–H groups in total. The van der Waals surface area contributed by atoms with E-state index < -0.39 is 5.97 Å². The van der Waals surface area contributed by atoms with E-state index in [2.05, 4.69) is 4.98 Å². The van der Waals surface area contributed by atoms with Gasteiger partial charge in [0.15, 0.2) is 0 Å². The van der Waals surface area contributed by atoms with Crippen LogP contribution in [-0.4, -0.2) is 16.1 Å². The Kier molecular flexibility index (Phi) is 3.82. The number of nitrogens with zero attached hydrogens (tertiary/aromatic N) is 1. The molecule has 0 aliphatic rings. The van der Waals surface area contributed by atoms with Gasteiger partial charge in [-0.05, 0) is 12.3 Å². The highest BCUT2D eigenvalue weighted by Gasteiger charge is 2.21. The van der Waals surface area contributed by atoms with E-state index in [0.29, 0.717) is 10.6 Å². The molecule has 5 heteroatoms. The summed E-state index contributed by atoms with van der Waals surface area (Å²) in [5.74, 6) is -0.795. The molecule has 0 bridgehead atoms. The number of carbonyl (C=O) groups is 1. The third kappa shape index (κ3) is 2.54. The molecular formula is C10H16N2O2S. The Hall–Kier alpha value is -0.940. The van der Waals surface area contributed by atoms with Crippen LogP contribution < -0.4 is 5.73 Å². The maximum atomic E-state index is 11.0. The van der Waals surface area contributed by atoms with Crippen LogP contribution in [0.3, 0.4) is 0 Å². The van der Waals surface area contributed by atoms with Crippen molar-refractivity contribution in [3.05, 3.63) is 15.6 Å². The lowest BCUT2D eigenvalue weighted by molar-refractivity contribution is 0.0700. The topological polar surface area (TPSA) is 76.2 Å². The predicted octanol–water partition coefficient (Wildman–Crippen LogP) is 2.37. The molecule has 84 valence electrons. The van der Waals surface area contributed by atoms with E-state index in [-0.39, 0.29) is 12.0 Å². The van der Waals surface area contributed by atoms with Crippen LogP contribution in [0.5, 0.6) is 0 Å². The van der Waals surface area contributed by atoms with Gasteiger partial charge in [-0.25, -0.2) is 9.78 Å². The van der Waals surface area contributed by atoms with Crippen molar-refractivity contribution in [3.63, 3.8) is 0 Å². The van der Waals surface area contributed by atoms with Gasteiger partial charge in [0.25, 0.3) is 0 Å². The fraction of sp³-hybridized carbons (Fsp3) is 0.600. The van der Waals surface area contributed by atoms with Crippen LogP contribution in [-0.2, 0) is 0 Å². The summed E-state index contributed by atoms with van der Waals surface area (Å²) in [5.41, 5.74) is 6.48. The molecule has 0 aliphatic carbocycles. The highest BCUT2D eigenvalue weighted by molar-refractivity contribution is 7.13. The molecule has 0 aromatic carbocycles. The zero-order valence-electron chi connectivity index (χ0n) is 9.15. The van der Waals surface area contributed by atoms with Gasteiger partial charge in [0.2, 0.25) is 0 Å². The Bertz CT molecular complexity index is 360. The van der Waals surface area contributed by atoms with Crippen molar-refractivity contribution in [1.29, 1.82) is 0 Å². The second-order valence-electron chi connectivity index (χ2n) is 3.74. The van der Waals surface area contributed by atoms with Gasteiger partial charge in [0.1, 0.15) is 9.88 Å². The molecule has 1 heterocycles. The average Bonchev–Trinajstić information content (AvgIpc) is 2.61. The number of aromatic carboxylic acids is 1. The van der Waals surface area contributed by atoms with Gasteiger partial charge in [0.05, 0.1) is 11.7 Å². The van der Waals surface area contributed by atoms with E-state index in [4.69, 9.17) is 10.8 Å². The first kappa shape index (κ1) is 12.1. The van der Waals surface area contributed by atoms with Crippen LogP contribution in [0, 0.1) is 0 Å². The Morgan fingerprint density at radius 1 is 1.60 bits per heavy atom. The van der Waals surface area contributed by atoms with Crippen LogP contribution in [0.4, 0.5) is 0 Å². The monoisotopic (exact) mass is 228 g/mol. The summed E-state index contributed by atoms with van der Waals surface area (Å²) in [6, 6.07) is -0.152. The van der Waals surface area contributed by atoms with Crippen molar-refractivity contribution >= 4 is 17.3 Å². The number of hydrogen-bond acceptors (Lipinski definition) is 4. The lowest BCUT2D eigenvalue weighted by Gasteiger charge is -2.03. The molecule has 1 atom stereocenters. The molecule has 1 unspecified atom stereocenters. The second-order valence-corrected chi connectivity index (χ2v) is 4.77. The molecule has 0 aliphatic heterocycles. The fourth-order valence-electron chi connectivity index (χ4n) is 1.23. The second kappa shape index (κ2) is 4.72. The summed E-state index contributed by atoms with van der Waals surface area (Å²) >= 11 is 1.19. The predicted molar refractivity (Wildman–Crippen MR) is 60.4 cm³/mol. The molecule has 4 nitrogen and oxygen atoms in total. The lowest BCUT2D eigenvalue weighted by Crippen LogP contribution is -2.08. The van der Waals surface area contributed by atoms with Crippen molar-refractivity contribution in [2.45, 2.75) is 39.2 Å². The molecule has 1 aromatic heterocycles. The summed E-state index contributed by atoms with van der Waals surface area (Å²) in [5, 5.41) is 9.73. The normalized spacial score (nSPS) is 13.1. The molecule has 0 amide bonds. The summed E-state index contributed by atoms with van der Waals surface area (Å²) in [6.07, 6.45) is 0.768. The molecule has 0 spiro atoms. The Morgan fingerprint density at radius 3 is 2.53 bits per heavy atom. The largest absolute Gasteiger partial charge is 0.477 e. The number of hydrogen-bond donors (Lipinski definition) is 2. The summed E-state index contributed by atoms with van der Waals surface area (Å²) in [4.78, 5) is 15.6. The maximum Gasteiger partial charge on any atom is 0.347 e. The molecule has 0 saturated carbocycles. The first-order valence-electron chi connectivity index (χ1n) is 4.96. The Labute approximate surface area is 93.1 Å². The van der Waals surface area contributed by atoms with Gasteiger partial charge in [-0.15, -0.1) is 11.3 Å². The van der Waals surface area contributed by atoms with Gasteiger partial charge in [-0.1, -0.05) is 20.8 Å². The fourth-order valence-corrected chi connectivity index (χ4v) is 2.37. The third-order valence-corrected chi connectivity index (χ3v) is 3.36. The Balaban J connectivity index is 3.15. The number of aromatic nitrogens is 1. The summed E-state index contributed by atoms with van der Waals surface area (Å²) in [6.45, 7) is 5.83. The SMILES string of the molecule is CCC(N)c1nc(C(C)C)c(C(=O)O)s1. The number of nitrogens with two attached hydrogens (primary N) is 1. The molecule has 1 aromatic rings. The van der Waals surface area contributed by atoms with Gasteiger partial charge >= 0.3 is 5.97 Å². The zero-order chi connectivity index (χ0) is 11.6. The standard InChI is InChI=1S/C10H16N2O2S/c1-4-6(11)9-12-7(5(2)3)8(15-9)10(13)14/h5-6H,4,11H2,1-3H3,(H,13,14). The van der Waals surface area contributed by atoms with Crippen molar-refractivity contribution in [3.8, 4) is 0 Å². The molecule has 1 rings (SSSR count). The first-order chi connectivity index (χ1) is 6.97. The smallest absolute Gasteiger partial charge is 0.347 e. The van der Waals surface area contributed by atoms with Crippen molar-refractivity contribution in [2.75, 3.05) is 0 Å². The van der Waals surface area contributed by atoms with E-state index >= 15 is 0 Å². The molecule has 0 radical (unpaired) electrons. The number of thiazole rings is 1. The highest BCUT2D eigenvalue weighted by Crippen LogP contribution is 2.28. The molecular weight excluding hydrogens is 212 g/mol. The van der Waals surface area contributed by atoms with E-state index in [1.54, 1.807) is 0 Å². The highest BCUT2D eigenvalue weighted by atomic mass is 32.1. The van der Waals surface area contributed by atoms with Gasteiger partial charge in [0, 0.05) is 0 Å². The van der Waals surface area contributed by atoms with Crippen molar-refractivity contribution in [2.24, 2.45) is 5.73 Å². The van der Waals surface area contributed by atoms with Crippen LogP contribution in [0.25, 0.3) is 0 Å². The lowest BCUT2D eigenvalue weighted by atomic mass is 10.1. The van der Waals surface area contributed by atoms with E-state index in [1.807, 2.05) is 20.8 Å². The summed E-state index contributed by atoms with van der Waals surface area (Å²) in [7, 11) is 0. The number of carboxylic acid groups (broad SMARTS) is 1.